The molecule has 0 radical (unpaired) electrons. The van der Waals surface area contributed by atoms with Gasteiger partial charge in [-0.05, 0) is 50.2 Å². The van der Waals surface area contributed by atoms with Gasteiger partial charge < -0.3 is 4.90 Å². The minimum absolute atomic E-state index is 0.0148. The van der Waals surface area contributed by atoms with Crippen molar-refractivity contribution in [1.82, 2.24) is 4.90 Å². The third-order valence-electron chi connectivity index (χ3n) is 5.17. The van der Waals surface area contributed by atoms with Crippen LogP contribution in [0.4, 0.5) is 0 Å². The summed E-state index contributed by atoms with van der Waals surface area (Å²) in [5, 5.41) is 0. The molecular formula is C23H39NO3. The lowest BCUT2D eigenvalue weighted by Crippen LogP contribution is -2.31. The van der Waals surface area contributed by atoms with E-state index in [1.54, 1.807) is 0 Å². The van der Waals surface area contributed by atoms with E-state index in [4.69, 9.17) is 0 Å². The average Bonchev–Trinajstić information content (AvgIpc) is 2.68. The van der Waals surface area contributed by atoms with Crippen molar-refractivity contribution in [3.63, 3.8) is 0 Å². The summed E-state index contributed by atoms with van der Waals surface area (Å²) < 4.78 is 0. The summed E-state index contributed by atoms with van der Waals surface area (Å²) >= 11 is 0. The summed E-state index contributed by atoms with van der Waals surface area (Å²) in [6, 6.07) is 0. The van der Waals surface area contributed by atoms with Crippen molar-refractivity contribution in [2.45, 2.75) is 78.6 Å². The van der Waals surface area contributed by atoms with Crippen LogP contribution in [0.25, 0.3) is 0 Å². The number of hydrogen-bond acceptors (Lipinski definition) is 3. The van der Waals surface area contributed by atoms with E-state index in [9.17, 15) is 14.4 Å². The number of hydrogen-bond donors (Lipinski definition) is 0. The highest BCUT2D eigenvalue weighted by Gasteiger charge is 2.12. The molecule has 0 aliphatic heterocycles. The smallest absolute Gasteiger partial charge is 0.245 e. The molecule has 0 aromatic heterocycles. The molecule has 0 aliphatic rings. The fourth-order valence-corrected chi connectivity index (χ4v) is 3.09. The van der Waals surface area contributed by atoms with Crippen LogP contribution in [0.2, 0.25) is 0 Å². The Balaban J connectivity index is 4.09. The largest absolute Gasteiger partial charge is 0.339 e. The molecule has 1 unspecified atom stereocenters. The summed E-state index contributed by atoms with van der Waals surface area (Å²) in [7, 11) is 0. The fraction of sp³-hybridized carbons (Fsp3) is 0.696. The van der Waals surface area contributed by atoms with Crippen molar-refractivity contribution < 1.29 is 14.4 Å². The lowest BCUT2D eigenvalue weighted by Gasteiger charge is -2.22. The molecule has 0 aliphatic carbocycles. The molecule has 0 saturated heterocycles. The van der Waals surface area contributed by atoms with Gasteiger partial charge in [-0.1, -0.05) is 46.8 Å². The van der Waals surface area contributed by atoms with Crippen LogP contribution >= 0.6 is 0 Å². The molecule has 0 N–H and O–H groups in total. The Bertz CT molecular complexity index is 484. The first-order valence-corrected chi connectivity index (χ1v) is 10.4. The molecule has 0 bridgehead atoms. The number of ketones is 2. The van der Waals surface area contributed by atoms with Crippen LogP contribution in [-0.4, -0.2) is 35.5 Å². The third kappa shape index (κ3) is 12.3. The second kappa shape index (κ2) is 15.4. The number of carbonyl (C=O) groups excluding carboxylic acids is 3. The van der Waals surface area contributed by atoms with Gasteiger partial charge in [-0.15, -0.1) is 0 Å². The average molecular weight is 378 g/mol. The number of rotatable bonds is 17. The first kappa shape index (κ1) is 25.3. The van der Waals surface area contributed by atoms with Gasteiger partial charge in [-0.3, -0.25) is 14.4 Å². The van der Waals surface area contributed by atoms with Gasteiger partial charge in [0.15, 0.2) is 5.78 Å². The normalized spacial score (nSPS) is 12.9. The van der Waals surface area contributed by atoms with E-state index >= 15 is 0 Å². The lowest BCUT2D eigenvalue weighted by molar-refractivity contribution is -0.126. The van der Waals surface area contributed by atoms with Gasteiger partial charge in [-0.2, -0.15) is 0 Å². The predicted molar refractivity (Wildman–Crippen MR) is 113 cm³/mol. The quantitative estimate of drug-likeness (QED) is 0.261. The Labute approximate surface area is 166 Å². The lowest BCUT2D eigenvalue weighted by atomic mass is 9.97. The second-order valence-electron chi connectivity index (χ2n) is 7.56. The van der Waals surface area contributed by atoms with Gasteiger partial charge >= 0.3 is 0 Å². The van der Waals surface area contributed by atoms with Crippen molar-refractivity contribution in [2.24, 2.45) is 11.8 Å². The third-order valence-corrected chi connectivity index (χ3v) is 5.17. The molecule has 154 valence electrons. The minimum Gasteiger partial charge on any atom is -0.339 e. The Kier molecular flexibility index (Phi) is 14.4. The van der Waals surface area contributed by atoms with Crippen molar-refractivity contribution in [1.29, 1.82) is 0 Å². The molecule has 0 rings (SSSR count). The molecule has 4 heteroatoms. The Morgan fingerprint density at radius 3 is 2.15 bits per heavy atom. The van der Waals surface area contributed by atoms with Crippen molar-refractivity contribution in [2.75, 3.05) is 13.1 Å². The molecule has 4 nitrogen and oxygen atoms in total. The Hall–Kier alpha value is -1.71. The fourth-order valence-electron chi connectivity index (χ4n) is 3.09. The summed E-state index contributed by atoms with van der Waals surface area (Å²) in [5.74, 6) is 0.959. The molecule has 0 aromatic carbocycles. The van der Waals surface area contributed by atoms with Crippen LogP contribution in [0.1, 0.15) is 78.6 Å². The van der Waals surface area contributed by atoms with E-state index in [0.29, 0.717) is 24.5 Å². The molecule has 1 amide bonds. The molecule has 0 saturated carbocycles. The number of carbonyl (C=O) groups is 3. The first-order chi connectivity index (χ1) is 12.8. The van der Waals surface area contributed by atoms with Crippen molar-refractivity contribution in [3.05, 3.63) is 25.3 Å². The Morgan fingerprint density at radius 1 is 0.889 bits per heavy atom. The summed E-state index contributed by atoms with van der Waals surface area (Å²) in [6.45, 7) is 14.6. The monoisotopic (exact) mass is 377 g/mol. The summed E-state index contributed by atoms with van der Waals surface area (Å²) in [5.41, 5.74) is 0. The maximum atomic E-state index is 12.0. The number of allylic oxidation sites excluding steroid dienone is 1. The number of unbranched alkanes of at least 4 members (excludes halogenated alkanes) is 2. The predicted octanol–water partition coefficient (Wildman–Crippen LogP) is 5.13. The highest BCUT2D eigenvalue weighted by Crippen LogP contribution is 2.15. The zero-order valence-electron chi connectivity index (χ0n) is 17.7. The van der Waals surface area contributed by atoms with Crippen LogP contribution in [0, 0.1) is 11.8 Å². The number of amides is 1. The molecule has 2 atom stereocenters. The molecule has 0 heterocycles. The van der Waals surface area contributed by atoms with Crippen LogP contribution in [-0.2, 0) is 14.4 Å². The standard InChI is InChI=1S/C23H39NO3/c1-6-21(25)16-15-19(4)13-12-18-24(23(27)8-3)17-11-9-10-14-20(5)22(26)7-2/h7-8,19-20H,2-3,6,9-18H2,1,4-5H3/t19?,20-/m0/s1. The van der Waals surface area contributed by atoms with Crippen molar-refractivity contribution in [3.8, 4) is 0 Å². The SMILES string of the molecule is C=CC(=O)[C@@H](C)CCCCCN(CCCC(C)CCC(=O)CC)C(=O)C=C. The van der Waals surface area contributed by atoms with E-state index in [2.05, 4.69) is 20.1 Å². The molecule has 0 fully saturated rings. The highest BCUT2D eigenvalue weighted by atomic mass is 16.2. The highest BCUT2D eigenvalue weighted by molar-refractivity contribution is 5.90. The maximum Gasteiger partial charge on any atom is 0.245 e. The van der Waals surface area contributed by atoms with Gasteiger partial charge in [-0.25, -0.2) is 0 Å². The molecule has 0 spiro atoms. The Morgan fingerprint density at radius 2 is 1.56 bits per heavy atom. The van der Waals surface area contributed by atoms with E-state index in [0.717, 1.165) is 58.0 Å². The number of Topliss-reactive ketones (excluding diaryl/α,β-unsaturated/α-hetero) is 1. The van der Waals surface area contributed by atoms with Crippen molar-refractivity contribution >= 4 is 17.5 Å². The summed E-state index contributed by atoms with van der Waals surface area (Å²) in [4.78, 5) is 36.8. The first-order valence-electron chi connectivity index (χ1n) is 10.4. The molecular weight excluding hydrogens is 338 g/mol. The van der Waals surface area contributed by atoms with E-state index < -0.39 is 0 Å². The van der Waals surface area contributed by atoms with Gasteiger partial charge in [0.05, 0.1) is 0 Å². The maximum absolute atomic E-state index is 12.0. The van der Waals surface area contributed by atoms with Crippen LogP contribution < -0.4 is 0 Å². The zero-order chi connectivity index (χ0) is 20.7. The van der Waals surface area contributed by atoms with Crippen LogP contribution in [0.5, 0.6) is 0 Å². The van der Waals surface area contributed by atoms with Gasteiger partial charge in [0.25, 0.3) is 0 Å². The molecule has 0 aromatic rings. The second-order valence-corrected chi connectivity index (χ2v) is 7.56. The molecule has 27 heavy (non-hydrogen) atoms. The minimum atomic E-state index is -0.0148. The van der Waals surface area contributed by atoms with Crippen LogP contribution in [0.3, 0.4) is 0 Å². The van der Waals surface area contributed by atoms with E-state index in [-0.39, 0.29) is 17.6 Å². The van der Waals surface area contributed by atoms with Crippen LogP contribution in [0.15, 0.2) is 25.3 Å². The summed E-state index contributed by atoms with van der Waals surface area (Å²) in [6.07, 6.45) is 10.8. The number of nitrogens with zero attached hydrogens (tertiary/aromatic N) is 1. The van der Waals surface area contributed by atoms with Gasteiger partial charge in [0, 0.05) is 31.8 Å². The van der Waals surface area contributed by atoms with E-state index in [1.807, 2.05) is 18.7 Å². The topological polar surface area (TPSA) is 54.5 Å². The van der Waals surface area contributed by atoms with Gasteiger partial charge in [0.1, 0.15) is 5.78 Å². The zero-order valence-corrected chi connectivity index (χ0v) is 17.7. The van der Waals surface area contributed by atoms with E-state index in [1.165, 1.54) is 12.2 Å². The van der Waals surface area contributed by atoms with Gasteiger partial charge in [0.2, 0.25) is 5.91 Å².